The van der Waals surface area contributed by atoms with E-state index < -0.39 is 6.10 Å². The van der Waals surface area contributed by atoms with E-state index in [-0.39, 0.29) is 0 Å². The second-order valence-corrected chi connectivity index (χ2v) is 5.10. The fourth-order valence-corrected chi connectivity index (χ4v) is 2.50. The lowest BCUT2D eigenvalue weighted by Gasteiger charge is -2.13. The first kappa shape index (κ1) is 12.3. The van der Waals surface area contributed by atoms with Gasteiger partial charge in [-0.3, -0.25) is 0 Å². The monoisotopic (exact) mass is 271 g/mol. The van der Waals surface area contributed by atoms with Crippen LogP contribution in [0.2, 0.25) is 5.02 Å². The van der Waals surface area contributed by atoms with Gasteiger partial charge in [0, 0.05) is 22.1 Å². The van der Waals surface area contributed by atoms with Crippen LogP contribution in [0.5, 0.6) is 0 Å². The van der Waals surface area contributed by atoms with E-state index in [0.29, 0.717) is 5.02 Å². The number of nitrogens with one attached hydrogen (secondary N) is 1. The van der Waals surface area contributed by atoms with Gasteiger partial charge < -0.3 is 10.1 Å². The number of benzene rings is 2. The van der Waals surface area contributed by atoms with Crippen LogP contribution in [0.1, 0.15) is 22.8 Å². The number of aliphatic hydroxyl groups excluding tert-OH is 1. The molecule has 0 aliphatic heterocycles. The Bertz CT molecular complexity index is 732. The van der Waals surface area contributed by atoms with Gasteiger partial charge in [0.2, 0.25) is 0 Å². The third-order valence-corrected chi connectivity index (χ3v) is 3.84. The molecule has 3 rings (SSSR count). The Balaban J connectivity index is 2.10. The Labute approximate surface area is 116 Å². The van der Waals surface area contributed by atoms with E-state index in [2.05, 4.69) is 4.98 Å². The number of hydrogen-bond acceptors (Lipinski definition) is 1. The highest BCUT2D eigenvalue weighted by atomic mass is 35.5. The van der Waals surface area contributed by atoms with Gasteiger partial charge in [0.15, 0.2) is 0 Å². The second-order valence-electron chi connectivity index (χ2n) is 4.70. The molecule has 1 unspecified atom stereocenters. The topological polar surface area (TPSA) is 36.0 Å². The van der Waals surface area contributed by atoms with Crippen LogP contribution in [0.15, 0.2) is 48.7 Å². The lowest BCUT2D eigenvalue weighted by Crippen LogP contribution is -2.00. The lowest BCUT2D eigenvalue weighted by molar-refractivity contribution is 0.222. The summed E-state index contributed by atoms with van der Waals surface area (Å²) in [6, 6.07) is 13.5. The zero-order chi connectivity index (χ0) is 13.4. The van der Waals surface area contributed by atoms with Gasteiger partial charge in [-0.15, -0.1) is 0 Å². The normalized spacial score (nSPS) is 12.8. The van der Waals surface area contributed by atoms with Gasteiger partial charge in [0.05, 0.1) is 0 Å². The van der Waals surface area contributed by atoms with Gasteiger partial charge >= 0.3 is 0 Å². The number of fused-ring (bicyclic) bond motifs is 1. The molecule has 1 heterocycles. The number of halogens is 1. The first-order chi connectivity index (χ1) is 9.16. The molecule has 0 aliphatic rings. The first-order valence-electron chi connectivity index (χ1n) is 6.17. The van der Waals surface area contributed by atoms with Crippen molar-refractivity contribution in [1.82, 2.24) is 4.98 Å². The second kappa shape index (κ2) is 4.72. The summed E-state index contributed by atoms with van der Waals surface area (Å²) < 4.78 is 0. The fourth-order valence-electron chi connectivity index (χ4n) is 2.31. The smallest absolute Gasteiger partial charge is 0.105 e. The van der Waals surface area contributed by atoms with Gasteiger partial charge in [0.25, 0.3) is 0 Å². The van der Waals surface area contributed by atoms with E-state index in [0.717, 1.165) is 27.6 Å². The molecule has 2 aromatic carbocycles. The van der Waals surface area contributed by atoms with Crippen molar-refractivity contribution in [3.05, 3.63) is 70.4 Å². The molecule has 0 saturated carbocycles. The summed E-state index contributed by atoms with van der Waals surface area (Å²) in [5.41, 5.74) is 3.73. The summed E-state index contributed by atoms with van der Waals surface area (Å²) in [6.07, 6.45) is 1.21. The summed E-state index contributed by atoms with van der Waals surface area (Å²) in [7, 11) is 0. The van der Waals surface area contributed by atoms with Gasteiger partial charge in [-0.25, -0.2) is 0 Å². The molecule has 0 radical (unpaired) electrons. The largest absolute Gasteiger partial charge is 0.384 e. The highest BCUT2D eigenvalue weighted by Crippen LogP contribution is 2.30. The van der Waals surface area contributed by atoms with Gasteiger partial charge in [-0.2, -0.15) is 0 Å². The highest BCUT2D eigenvalue weighted by Gasteiger charge is 2.14. The van der Waals surface area contributed by atoms with E-state index in [1.54, 1.807) is 0 Å². The zero-order valence-electron chi connectivity index (χ0n) is 10.5. The van der Waals surface area contributed by atoms with Crippen LogP contribution in [0.4, 0.5) is 0 Å². The van der Waals surface area contributed by atoms with Crippen LogP contribution >= 0.6 is 11.6 Å². The van der Waals surface area contributed by atoms with Crippen molar-refractivity contribution in [3.63, 3.8) is 0 Å². The lowest BCUT2D eigenvalue weighted by atomic mass is 9.98. The maximum absolute atomic E-state index is 10.6. The molecule has 3 heteroatoms. The third-order valence-electron chi connectivity index (χ3n) is 3.43. The maximum Gasteiger partial charge on any atom is 0.105 e. The van der Waals surface area contributed by atoms with Crippen molar-refractivity contribution in [2.75, 3.05) is 0 Å². The van der Waals surface area contributed by atoms with Gasteiger partial charge in [0.1, 0.15) is 6.10 Å². The molecule has 0 amide bonds. The van der Waals surface area contributed by atoms with E-state index in [4.69, 9.17) is 11.6 Å². The van der Waals surface area contributed by atoms with Crippen molar-refractivity contribution >= 4 is 22.5 Å². The Morgan fingerprint density at radius 2 is 2.00 bits per heavy atom. The van der Waals surface area contributed by atoms with Crippen molar-refractivity contribution in [3.8, 4) is 0 Å². The Hall–Kier alpha value is -1.77. The number of rotatable bonds is 2. The predicted molar refractivity (Wildman–Crippen MR) is 78.5 cm³/mol. The molecule has 0 fully saturated rings. The van der Waals surface area contributed by atoms with E-state index in [1.165, 1.54) is 0 Å². The molecule has 2 nitrogen and oxygen atoms in total. The van der Waals surface area contributed by atoms with Crippen molar-refractivity contribution in [2.24, 2.45) is 0 Å². The molecule has 19 heavy (non-hydrogen) atoms. The van der Waals surface area contributed by atoms with Crippen LogP contribution in [0, 0.1) is 6.92 Å². The molecule has 0 spiro atoms. The maximum atomic E-state index is 10.6. The van der Waals surface area contributed by atoms with E-state index in [1.807, 2.05) is 55.6 Å². The minimum atomic E-state index is -0.669. The fraction of sp³-hybridized carbons (Fsp3) is 0.125. The van der Waals surface area contributed by atoms with Crippen LogP contribution < -0.4 is 0 Å². The van der Waals surface area contributed by atoms with Gasteiger partial charge in [-0.05, 0) is 41.8 Å². The molecule has 1 atom stereocenters. The molecular formula is C16H14ClNO. The minimum absolute atomic E-state index is 0.669. The summed E-state index contributed by atoms with van der Waals surface area (Å²) >= 11 is 6.13. The molecule has 1 aromatic heterocycles. The Morgan fingerprint density at radius 1 is 1.16 bits per heavy atom. The van der Waals surface area contributed by atoms with Crippen molar-refractivity contribution in [2.45, 2.75) is 13.0 Å². The summed E-state index contributed by atoms with van der Waals surface area (Å²) in [5, 5.41) is 12.3. The predicted octanol–water partition coefficient (Wildman–Crippen LogP) is 4.21. The number of H-pyrrole nitrogens is 1. The van der Waals surface area contributed by atoms with Crippen LogP contribution in [-0.2, 0) is 0 Å². The molecule has 2 N–H and O–H groups in total. The quantitative estimate of drug-likeness (QED) is 0.720. The number of aromatic nitrogens is 1. The SMILES string of the molecule is Cc1ccc(C(O)c2cccc3[nH]ccc23)cc1Cl. The number of aliphatic hydroxyl groups is 1. The zero-order valence-corrected chi connectivity index (χ0v) is 11.3. The van der Waals surface area contributed by atoms with Crippen LogP contribution in [-0.4, -0.2) is 10.1 Å². The molecule has 0 bridgehead atoms. The number of hydrogen-bond donors (Lipinski definition) is 2. The minimum Gasteiger partial charge on any atom is -0.384 e. The number of aromatic amines is 1. The highest BCUT2D eigenvalue weighted by molar-refractivity contribution is 6.31. The average molecular weight is 272 g/mol. The summed E-state index contributed by atoms with van der Waals surface area (Å²) in [4.78, 5) is 3.15. The Morgan fingerprint density at radius 3 is 2.79 bits per heavy atom. The summed E-state index contributed by atoms with van der Waals surface area (Å²) in [5.74, 6) is 0. The van der Waals surface area contributed by atoms with Crippen LogP contribution in [0.25, 0.3) is 10.9 Å². The van der Waals surface area contributed by atoms with Crippen molar-refractivity contribution < 1.29 is 5.11 Å². The molecule has 0 saturated heterocycles. The van der Waals surface area contributed by atoms with E-state index in [9.17, 15) is 5.11 Å². The average Bonchev–Trinajstić information content (AvgIpc) is 2.89. The summed E-state index contributed by atoms with van der Waals surface area (Å²) in [6.45, 7) is 1.95. The Kier molecular flexibility index (Phi) is 3.05. The molecule has 3 aromatic rings. The first-order valence-corrected chi connectivity index (χ1v) is 6.55. The third kappa shape index (κ3) is 2.14. The molecule has 0 aliphatic carbocycles. The van der Waals surface area contributed by atoms with Gasteiger partial charge in [-0.1, -0.05) is 35.9 Å². The van der Waals surface area contributed by atoms with Crippen molar-refractivity contribution in [1.29, 1.82) is 0 Å². The van der Waals surface area contributed by atoms with E-state index >= 15 is 0 Å². The molecule has 96 valence electrons. The molecular weight excluding hydrogens is 258 g/mol. The number of aryl methyl sites for hydroxylation is 1. The standard InChI is InChI=1S/C16H14ClNO/c1-10-5-6-11(9-14(10)17)16(19)13-3-2-4-15-12(13)7-8-18-15/h2-9,16,18-19H,1H3. The van der Waals surface area contributed by atoms with Crippen LogP contribution in [0.3, 0.4) is 0 Å².